The molecule has 4 heterocycles. The minimum Gasteiger partial charge on any atom is -0.336 e. The van der Waals surface area contributed by atoms with E-state index in [1.165, 1.54) is 5.56 Å². The predicted molar refractivity (Wildman–Crippen MR) is 122 cm³/mol. The van der Waals surface area contributed by atoms with Crippen LogP contribution in [0, 0.1) is 5.92 Å². The number of nitrogens with zero attached hydrogens (tertiary/aromatic N) is 5. The first-order valence-electron chi connectivity index (χ1n) is 11.4. The fourth-order valence-corrected chi connectivity index (χ4v) is 5.68. The van der Waals surface area contributed by atoms with Gasteiger partial charge in [0.25, 0.3) is 0 Å². The van der Waals surface area contributed by atoms with E-state index in [4.69, 9.17) is 0 Å². The van der Waals surface area contributed by atoms with Gasteiger partial charge in [-0.3, -0.25) is 4.79 Å². The monoisotopic (exact) mass is 426 g/mol. The van der Waals surface area contributed by atoms with Crippen LogP contribution in [-0.2, 0) is 17.8 Å². The topological polar surface area (TPSA) is 79.7 Å². The molecule has 2 fully saturated rings. The van der Waals surface area contributed by atoms with Gasteiger partial charge in [-0.15, -0.1) is 0 Å². The van der Waals surface area contributed by atoms with Crippen LogP contribution < -0.4 is 0 Å². The molecule has 1 N–H and O–H groups in total. The molecule has 7 heteroatoms. The molecule has 2 bridgehead atoms. The van der Waals surface area contributed by atoms with E-state index in [0.717, 1.165) is 54.5 Å². The Morgan fingerprint density at radius 2 is 2.03 bits per heavy atom. The van der Waals surface area contributed by atoms with Gasteiger partial charge >= 0.3 is 0 Å². The highest BCUT2D eigenvalue weighted by Gasteiger charge is 2.48. The Morgan fingerprint density at radius 3 is 2.88 bits per heavy atom. The lowest BCUT2D eigenvalue weighted by atomic mass is 9.89. The van der Waals surface area contributed by atoms with E-state index in [0.29, 0.717) is 30.3 Å². The van der Waals surface area contributed by atoms with E-state index in [1.807, 2.05) is 24.5 Å². The highest BCUT2D eigenvalue weighted by Crippen LogP contribution is 2.43. The number of carbonyl (C=O) groups excluding carboxylic acids is 1. The first-order valence-corrected chi connectivity index (χ1v) is 11.4. The van der Waals surface area contributed by atoms with Gasteiger partial charge in [-0.1, -0.05) is 36.4 Å². The first-order chi connectivity index (χ1) is 15.8. The van der Waals surface area contributed by atoms with Crippen molar-refractivity contribution in [1.29, 1.82) is 0 Å². The minimum atomic E-state index is 0.316. The first kappa shape index (κ1) is 19.2. The Hall–Kier alpha value is -3.48. The highest BCUT2D eigenvalue weighted by atomic mass is 16.2. The van der Waals surface area contributed by atoms with Crippen LogP contribution in [0.15, 0.2) is 61.1 Å². The summed E-state index contributed by atoms with van der Waals surface area (Å²) in [5.41, 5.74) is 5.15. The fraction of sp³-hybridized carbons (Fsp3) is 0.360. The van der Waals surface area contributed by atoms with Crippen molar-refractivity contribution in [2.45, 2.75) is 50.7 Å². The number of imidazole rings is 1. The number of rotatable bonds is 6. The van der Waals surface area contributed by atoms with Crippen molar-refractivity contribution in [3.8, 4) is 11.3 Å². The molecular weight excluding hydrogens is 400 g/mol. The van der Waals surface area contributed by atoms with Gasteiger partial charge in [0.1, 0.15) is 5.69 Å². The summed E-state index contributed by atoms with van der Waals surface area (Å²) in [6, 6.07) is 17.3. The van der Waals surface area contributed by atoms with E-state index in [9.17, 15) is 4.79 Å². The van der Waals surface area contributed by atoms with Crippen LogP contribution in [0.4, 0.5) is 0 Å². The third-order valence-electron chi connectivity index (χ3n) is 7.19. The molecule has 4 aromatic rings. The van der Waals surface area contributed by atoms with Crippen molar-refractivity contribution >= 4 is 16.9 Å². The summed E-state index contributed by atoms with van der Waals surface area (Å²) in [5.74, 6) is 0.804. The molecule has 0 radical (unpaired) electrons. The van der Waals surface area contributed by atoms with E-state index < -0.39 is 0 Å². The number of H-pyrrole nitrogens is 1. The molecule has 3 unspecified atom stereocenters. The van der Waals surface area contributed by atoms with Gasteiger partial charge in [-0.2, -0.15) is 15.4 Å². The number of hydrogen-bond acceptors (Lipinski definition) is 4. The molecule has 0 saturated carbocycles. The Labute approximate surface area is 186 Å². The summed E-state index contributed by atoms with van der Waals surface area (Å²) < 4.78 is 2.25. The second kappa shape index (κ2) is 7.89. The second-order valence-corrected chi connectivity index (χ2v) is 9.04. The highest BCUT2D eigenvalue weighted by molar-refractivity contribution is 5.81. The van der Waals surface area contributed by atoms with Gasteiger partial charge in [-0.25, -0.2) is 4.98 Å². The normalized spacial score (nSPS) is 22.1. The van der Waals surface area contributed by atoms with E-state index >= 15 is 0 Å². The van der Waals surface area contributed by atoms with Crippen LogP contribution in [0.25, 0.3) is 22.3 Å². The molecule has 7 nitrogen and oxygen atoms in total. The molecule has 2 aliphatic heterocycles. The lowest BCUT2D eigenvalue weighted by Crippen LogP contribution is -2.37. The number of aromatic amines is 1. The summed E-state index contributed by atoms with van der Waals surface area (Å²) in [6.07, 6.45) is 8.43. The number of aromatic nitrogens is 5. The smallest absolute Gasteiger partial charge is 0.223 e. The number of benzene rings is 2. The van der Waals surface area contributed by atoms with Crippen molar-refractivity contribution < 1.29 is 4.79 Å². The summed E-state index contributed by atoms with van der Waals surface area (Å²) in [4.78, 5) is 19.9. The fourth-order valence-electron chi connectivity index (χ4n) is 5.68. The van der Waals surface area contributed by atoms with Gasteiger partial charge in [-0.05, 0) is 49.3 Å². The molecule has 3 atom stereocenters. The molecule has 2 aromatic heterocycles. The standard InChI is InChI=1S/C25H26N6O/c32-25(11-6-17-4-2-1-3-5-17)31-20-8-10-23(31)19(12-20)15-30-16-26-21-13-18(7-9-24(21)30)22-14-27-29-28-22/h1-5,7,9,13-14,16,19-20,23H,6,8,10-12,15H2,(H,27,28,29). The average molecular weight is 427 g/mol. The number of carbonyl (C=O) groups is 1. The third kappa shape index (κ3) is 3.38. The SMILES string of the molecule is O=C(CCc1ccccc1)N1C2CCC1C(Cn1cnc3cc(-c4cn[nH]n4)ccc31)C2. The Morgan fingerprint density at radius 1 is 1.12 bits per heavy atom. The van der Waals surface area contributed by atoms with Gasteiger partial charge in [0.15, 0.2) is 0 Å². The maximum atomic E-state index is 13.1. The minimum absolute atomic E-state index is 0.316. The zero-order chi connectivity index (χ0) is 21.5. The molecule has 0 spiro atoms. The summed E-state index contributed by atoms with van der Waals surface area (Å²) in [6.45, 7) is 0.906. The largest absolute Gasteiger partial charge is 0.336 e. The third-order valence-corrected chi connectivity index (χ3v) is 7.19. The van der Waals surface area contributed by atoms with Crippen molar-refractivity contribution in [3.63, 3.8) is 0 Å². The molecule has 6 rings (SSSR count). The molecule has 1 amide bonds. The molecule has 2 aromatic carbocycles. The van der Waals surface area contributed by atoms with Crippen LogP contribution in [-0.4, -0.2) is 47.9 Å². The molecule has 32 heavy (non-hydrogen) atoms. The molecule has 2 saturated heterocycles. The van der Waals surface area contributed by atoms with Crippen LogP contribution in [0.2, 0.25) is 0 Å². The van der Waals surface area contributed by atoms with Crippen molar-refractivity contribution in [3.05, 3.63) is 66.6 Å². The molecule has 0 aliphatic carbocycles. The van der Waals surface area contributed by atoms with Crippen LogP contribution in [0.1, 0.15) is 31.2 Å². The van der Waals surface area contributed by atoms with Gasteiger partial charge in [0.2, 0.25) is 5.91 Å². The predicted octanol–water partition coefficient (Wildman–Crippen LogP) is 3.83. The Kier molecular flexibility index (Phi) is 4.74. The van der Waals surface area contributed by atoms with Crippen LogP contribution in [0.5, 0.6) is 0 Å². The lowest BCUT2D eigenvalue weighted by molar-refractivity contribution is -0.132. The zero-order valence-corrected chi connectivity index (χ0v) is 17.9. The Bertz CT molecular complexity index is 1230. The molecule has 162 valence electrons. The number of amides is 1. The number of nitrogens with one attached hydrogen (secondary N) is 1. The van der Waals surface area contributed by atoms with Gasteiger partial charge in [0.05, 0.1) is 23.6 Å². The molecule has 2 aliphatic rings. The van der Waals surface area contributed by atoms with E-state index in [1.54, 1.807) is 6.20 Å². The number of fused-ring (bicyclic) bond motifs is 3. The van der Waals surface area contributed by atoms with Crippen LogP contribution >= 0.6 is 0 Å². The lowest BCUT2D eigenvalue weighted by Gasteiger charge is -2.25. The number of hydrogen-bond donors (Lipinski definition) is 1. The quantitative estimate of drug-likeness (QED) is 0.508. The van der Waals surface area contributed by atoms with E-state index in [-0.39, 0.29) is 0 Å². The van der Waals surface area contributed by atoms with Crippen molar-refractivity contribution in [2.75, 3.05) is 0 Å². The van der Waals surface area contributed by atoms with E-state index in [2.05, 4.69) is 60.2 Å². The molecular formula is C25H26N6O. The van der Waals surface area contributed by atoms with Crippen molar-refractivity contribution in [1.82, 2.24) is 29.9 Å². The maximum Gasteiger partial charge on any atom is 0.223 e. The summed E-state index contributed by atoms with van der Waals surface area (Å²) >= 11 is 0. The van der Waals surface area contributed by atoms with Crippen molar-refractivity contribution in [2.24, 2.45) is 5.92 Å². The summed E-state index contributed by atoms with van der Waals surface area (Å²) in [5, 5.41) is 10.7. The van der Waals surface area contributed by atoms with Gasteiger partial charge in [0, 0.05) is 30.6 Å². The Balaban J connectivity index is 1.15. The summed E-state index contributed by atoms with van der Waals surface area (Å²) in [7, 11) is 0. The average Bonchev–Trinajstić information content (AvgIpc) is 3.62. The number of aryl methyl sites for hydroxylation is 1. The zero-order valence-electron chi connectivity index (χ0n) is 17.9. The van der Waals surface area contributed by atoms with Crippen LogP contribution in [0.3, 0.4) is 0 Å². The van der Waals surface area contributed by atoms with Gasteiger partial charge < -0.3 is 9.47 Å². The maximum absolute atomic E-state index is 13.1. The second-order valence-electron chi connectivity index (χ2n) is 9.04.